The van der Waals surface area contributed by atoms with Gasteiger partial charge in [-0.2, -0.15) is 5.10 Å². The van der Waals surface area contributed by atoms with Gasteiger partial charge in [-0.1, -0.05) is 6.92 Å². The van der Waals surface area contributed by atoms with Crippen LogP contribution < -0.4 is 10.6 Å². The first-order chi connectivity index (χ1) is 11.0. The summed E-state index contributed by atoms with van der Waals surface area (Å²) in [4.78, 5) is 7.03. The second kappa shape index (κ2) is 8.03. The first kappa shape index (κ1) is 19.5. The van der Waals surface area contributed by atoms with Gasteiger partial charge in [0.1, 0.15) is 0 Å². The minimum absolute atomic E-state index is 0. The van der Waals surface area contributed by atoms with E-state index in [4.69, 9.17) is 0 Å². The van der Waals surface area contributed by atoms with Crippen molar-refractivity contribution in [1.29, 1.82) is 0 Å². The highest BCUT2D eigenvalue weighted by Crippen LogP contribution is 2.31. The van der Waals surface area contributed by atoms with Gasteiger partial charge >= 0.3 is 0 Å². The number of guanidine groups is 1. The van der Waals surface area contributed by atoms with Gasteiger partial charge in [0, 0.05) is 57.1 Å². The molecule has 6 nitrogen and oxygen atoms in total. The molecule has 1 saturated heterocycles. The summed E-state index contributed by atoms with van der Waals surface area (Å²) in [5.74, 6) is 1.55. The molecule has 1 aliphatic carbocycles. The molecule has 2 aliphatic rings. The molecule has 0 radical (unpaired) electrons. The summed E-state index contributed by atoms with van der Waals surface area (Å²) in [6, 6.07) is 1.33. The van der Waals surface area contributed by atoms with Crippen molar-refractivity contribution in [3.05, 3.63) is 17.0 Å². The predicted octanol–water partition coefficient (Wildman–Crippen LogP) is 1.80. The zero-order chi connectivity index (χ0) is 16.6. The summed E-state index contributed by atoms with van der Waals surface area (Å²) >= 11 is 0. The molecule has 1 saturated carbocycles. The third kappa shape index (κ3) is 4.22. The van der Waals surface area contributed by atoms with Crippen molar-refractivity contribution in [2.75, 3.05) is 20.1 Å². The second-order valence-corrected chi connectivity index (χ2v) is 7.11. The topological polar surface area (TPSA) is 57.5 Å². The molecule has 7 heteroatoms. The van der Waals surface area contributed by atoms with Crippen LogP contribution in [-0.4, -0.2) is 52.9 Å². The van der Waals surface area contributed by atoms with Crippen molar-refractivity contribution in [2.45, 2.75) is 52.2 Å². The summed E-state index contributed by atoms with van der Waals surface area (Å²) in [6.07, 6.45) is 2.76. The first-order valence-corrected chi connectivity index (χ1v) is 8.70. The molecular formula is C17H31IN6. The zero-order valence-corrected chi connectivity index (χ0v) is 17.8. The molecule has 1 aliphatic heterocycles. The molecule has 0 amide bonds. The lowest BCUT2D eigenvalue weighted by molar-refractivity contribution is 0.315. The van der Waals surface area contributed by atoms with E-state index in [1.807, 2.05) is 18.8 Å². The Kier molecular flexibility index (Phi) is 6.52. The van der Waals surface area contributed by atoms with E-state index >= 15 is 0 Å². The van der Waals surface area contributed by atoms with Gasteiger partial charge in [-0.15, -0.1) is 24.0 Å². The number of rotatable bonds is 4. The van der Waals surface area contributed by atoms with E-state index in [9.17, 15) is 0 Å². The maximum atomic E-state index is 4.48. The van der Waals surface area contributed by atoms with Crippen molar-refractivity contribution in [1.82, 2.24) is 25.3 Å². The number of aliphatic imine (C=N–C) groups is 1. The lowest BCUT2D eigenvalue weighted by Gasteiger charge is -2.20. The van der Waals surface area contributed by atoms with Crippen LogP contribution in [0.3, 0.4) is 0 Å². The summed E-state index contributed by atoms with van der Waals surface area (Å²) in [6.45, 7) is 9.62. The fourth-order valence-corrected chi connectivity index (χ4v) is 3.55. The molecule has 0 aromatic carbocycles. The first-order valence-electron chi connectivity index (χ1n) is 8.70. The van der Waals surface area contributed by atoms with E-state index in [-0.39, 0.29) is 24.0 Å². The number of halogens is 1. The van der Waals surface area contributed by atoms with Crippen molar-refractivity contribution >= 4 is 29.9 Å². The Bertz CT molecular complexity index is 592. The second-order valence-electron chi connectivity index (χ2n) is 7.11. The van der Waals surface area contributed by atoms with Crippen LogP contribution in [0.4, 0.5) is 0 Å². The van der Waals surface area contributed by atoms with Gasteiger partial charge in [-0.3, -0.25) is 14.6 Å². The average molecular weight is 446 g/mol. The Labute approximate surface area is 162 Å². The van der Waals surface area contributed by atoms with Crippen LogP contribution in [-0.2, 0) is 13.6 Å². The van der Waals surface area contributed by atoms with Crippen LogP contribution >= 0.6 is 24.0 Å². The summed E-state index contributed by atoms with van der Waals surface area (Å²) in [5, 5.41) is 11.5. The molecule has 0 spiro atoms. The van der Waals surface area contributed by atoms with Crippen molar-refractivity contribution < 1.29 is 0 Å². The normalized spacial score (nSPS) is 24.8. The Morgan fingerprint density at radius 3 is 2.54 bits per heavy atom. The summed E-state index contributed by atoms with van der Waals surface area (Å²) in [5.41, 5.74) is 3.55. The summed E-state index contributed by atoms with van der Waals surface area (Å²) in [7, 11) is 3.84. The highest BCUT2D eigenvalue weighted by atomic mass is 127. The van der Waals surface area contributed by atoms with E-state index in [0.29, 0.717) is 12.0 Å². The van der Waals surface area contributed by atoms with Crippen LogP contribution in [0.1, 0.15) is 36.7 Å². The molecule has 0 bridgehead atoms. The van der Waals surface area contributed by atoms with Crippen LogP contribution in [0, 0.1) is 19.8 Å². The molecule has 24 heavy (non-hydrogen) atoms. The predicted molar refractivity (Wildman–Crippen MR) is 109 cm³/mol. The van der Waals surface area contributed by atoms with Gasteiger partial charge in [0.15, 0.2) is 5.96 Å². The molecule has 2 unspecified atom stereocenters. The Morgan fingerprint density at radius 1 is 1.29 bits per heavy atom. The molecule has 1 aromatic heterocycles. The number of aryl methyl sites for hydroxylation is 2. The molecule has 1 aromatic rings. The monoisotopic (exact) mass is 446 g/mol. The maximum Gasteiger partial charge on any atom is 0.191 e. The van der Waals surface area contributed by atoms with Crippen LogP contribution in [0.5, 0.6) is 0 Å². The number of aromatic nitrogens is 2. The molecule has 2 fully saturated rings. The van der Waals surface area contributed by atoms with Crippen molar-refractivity contribution in [3.63, 3.8) is 0 Å². The van der Waals surface area contributed by atoms with Gasteiger partial charge < -0.3 is 10.6 Å². The molecule has 136 valence electrons. The largest absolute Gasteiger partial charge is 0.352 e. The van der Waals surface area contributed by atoms with Gasteiger partial charge in [-0.25, -0.2) is 0 Å². The fraction of sp³-hybridized carbons (Fsp3) is 0.765. The highest BCUT2D eigenvalue weighted by Gasteiger charge is 2.38. The maximum absolute atomic E-state index is 4.48. The van der Waals surface area contributed by atoms with Gasteiger partial charge in [0.2, 0.25) is 0 Å². The number of nitrogens with zero attached hydrogens (tertiary/aromatic N) is 4. The zero-order valence-electron chi connectivity index (χ0n) is 15.5. The Balaban J connectivity index is 0.00000208. The number of nitrogens with one attached hydrogen (secondary N) is 2. The smallest absolute Gasteiger partial charge is 0.191 e. The van der Waals surface area contributed by atoms with E-state index in [0.717, 1.165) is 30.8 Å². The van der Waals surface area contributed by atoms with Crippen LogP contribution in [0.25, 0.3) is 0 Å². The Morgan fingerprint density at radius 2 is 2.00 bits per heavy atom. The van der Waals surface area contributed by atoms with Crippen LogP contribution in [0.15, 0.2) is 4.99 Å². The van der Waals surface area contributed by atoms with E-state index in [1.165, 1.54) is 30.6 Å². The minimum Gasteiger partial charge on any atom is -0.352 e. The molecule has 2 N–H and O–H groups in total. The fourth-order valence-electron chi connectivity index (χ4n) is 3.55. The molecule has 3 rings (SSSR count). The van der Waals surface area contributed by atoms with E-state index < -0.39 is 0 Å². The minimum atomic E-state index is 0. The Hall–Kier alpha value is -0.830. The standard InChI is InChI=1S/C17H30N6.HI/c1-11-9-23(14-6-7-14)10-16(11)20-17(18-4)19-8-15-12(2)21-22(5)13(15)3;/h11,14,16H,6-10H2,1-5H3,(H2,18,19,20);1H. The van der Waals surface area contributed by atoms with E-state index in [2.05, 4.69) is 46.4 Å². The van der Waals surface area contributed by atoms with Gasteiger partial charge in [-0.05, 0) is 32.6 Å². The number of hydrogen-bond donors (Lipinski definition) is 2. The quantitative estimate of drug-likeness (QED) is 0.421. The lowest BCUT2D eigenvalue weighted by atomic mass is 10.1. The highest BCUT2D eigenvalue weighted by molar-refractivity contribution is 14.0. The van der Waals surface area contributed by atoms with Gasteiger partial charge in [0.25, 0.3) is 0 Å². The average Bonchev–Trinajstić information content (AvgIpc) is 3.26. The summed E-state index contributed by atoms with van der Waals surface area (Å²) < 4.78 is 1.94. The van der Waals surface area contributed by atoms with Crippen molar-refractivity contribution in [3.8, 4) is 0 Å². The third-order valence-corrected chi connectivity index (χ3v) is 5.34. The van der Waals surface area contributed by atoms with Crippen LogP contribution in [0.2, 0.25) is 0 Å². The third-order valence-electron chi connectivity index (χ3n) is 5.34. The molecule has 2 heterocycles. The SMILES string of the molecule is CN=C(NCc1c(C)nn(C)c1C)NC1CN(C2CC2)CC1C.I. The lowest BCUT2D eigenvalue weighted by Crippen LogP contribution is -2.46. The molecule has 2 atom stereocenters. The molecular weight excluding hydrogens is 415 g/mol. The number of likely N-dealkylation sites (tertiary alicyclic amines) is 1. The number of hydrogen-bond acceptors (Lipinski definition) is 3. The van der Waals surface area contributed by atoms with Gasteiger partial charge in [0.05, 0.1) is 5.69 Å². The van der Waals surface area contributed by atoms with Crippen molar-refractivity contribution in [2.24, 2.45) is 18.0 Å². The van der Waals surface area contributed by atoms with E-state index in [1.54, 1.807) is 0 Å².